The van der Waals surface area contributed by atoms with Crippen LogP contribution in [-0.2, 0) is 6.42 Å². The summed E-state index contributed by atoms with van der Waals surface area (Å²) in [5.41, 5.74) is 1.37. The molecular formula is C10H9BrN2O. The van der Waals surface area contributed by atoms with Crippen LogP contribution in [0, 0.1) is 0 Å². The van der Waals surface area contributed by atoms with Crippen LogP contribution in [-0.4, -0.2) is 9.97 Å². The number of H-pyrrole nitrogens is 1. The molecule has 0 atom stereocenters. The van der Waals surface area contributed by atoms with E-state index in [0.717, 1.165) is 27.5 Å². The smallest absolute Gasteiger partial charge is 0.309 e. The lowest BCUT2D eigenvalue weighted by molar-refractivity contribution is 0.989. The summed E-state index contributed by atoms with van der Waals surface area (Å²) in [6.07, 6.45) is 0.796. The summed E-state index contributed by atoms with van der Waals surface area (Å²) in [5, 5.41) is 1.00. The van der Waals surface area contributed by atoms with Crippen molar-refractivity contribution in [2.45, 2.75) is 13.3 Å². The Morgan fingerprint density at radius 1 is 1.50 bits per heavy atom. The fraction of sp³-hybridized carbons (Fsp3) is 0.200. The largest absolute Gasteiger partial charge is 0.345 e. The molecule has 0 bridgehead atoms. The Hall–Kier alpha value is -1.16. The Bertz CT molecular complexity index is 533. The minimum absolute atomic E-state index is 0.291. The highest BCUT2D eigenvalue weighted by Crippen LogP contribution is 2.22. The van der Waals surface area contributed by atoms with Crippen LogP contribution in [0.5, 0.6) is 0 Å². The lowest BCUT2D eigenvalue weighted by atomic mass is 10.1. The van der Waals surface area contributed by atoms with Crippen molar-refractivity contribution in [1.82, 2.24) is 9.97 Å². The predicted molar refractivity (Wildman–Crippen MR) is 59.4 cm³/mol. The van der Waals surface area contributed by atoms with Gasteiger partial charge in [0.1, 0.15) is 0 Å². The van der Waals surface area contributed by atoms with Gasteiger partial charge in [0.05, 0.1) is 5.52 Å². The summed E-state index contributed by atoms with van der Waals surface area (Å²) >= 11 is 3.38. The molecule has 14 heavy (non-hydrogen) atoms. The molecule has 3 nitrogen and oxygen atoms in total. The molecule has 1 aromatic carbocycles. The third kappa shape index (κ3) is 1.46. The first-order valence-corrected chi connectivity index (χ1v) is 5.19. The van der Waals surface area contributed by atoms with Crippen LogP contribution in [0.2, 0.25) is 0 Å². The van der Waals surface area contributed by atoms with Gasteiger partial charge in [0.25, 0.3) is 0 Å². The lowest BCUT2D eigenvalue weighted by Gasteiger charge is -2.03. The number of hydrogen-bond donors (Lipinski definition) is 1. The van der Waals surface area contributed by atoms with Gasteiger partial charge in [-0.15, -0.1) is 0 Å². The third-order valence-electron chi connectivity index (χ3n) is 2.14. The number of aryl methyl sites for hydroxylation is 1. The van der Waals surface area contributed by atoms with Crippen molar-refractivity contribution in [3.05, 3.63) is 38.9 Å². The van der Waals surface area contributed by atoms with E-state index in [2.05, 4.69) is 25.9 Å². The summed E-state index contributed by atoms with van der Waals surface area (Å²) < 4.78 is 0.857. The monoisotopic (exact) mass is 252 g/mol. The van der Waals surface area contributed by atoms with E-state index in [1.54, 1.807) is 0 Å². The van der Waals surface area contributed by atoms with Crippen LogP contribution in [0.3, 0.4) is 0 Å². The van der Waals surface area contributed by atoms with Gasteiger partial charge in [0.15, 0.2) is 0 Å². The first kappa shape index (κ1) is 9.40. The van der Waals surface area contributed by atoms with Crippen molar-refractivity contribution in [3.63, 3.8) is 0 Å². The van der Waals surface area contributed by atoms with E-state index in [9.17, 15) is 4.79 Å². The number of aromatic amines is 1. The maximum absolute atomic E-state index is 11.2. The Kier molecular flexibility index (Phi) is 2.37. The number of aromatic nitrogens is 2. The van der Waals surface area contributed by atoms with Crippen LogP contribution in [0.25, 0.3) is 10.9 Å². The lowest BCUT2D eigenvalue weighted by Crippen LogP contribution is -2.12. The third-order valence-corrected chi connectivity index (χ3v) is 2.78. The Balaban J connectivity index is 2.94. The number of rotatable bonds is 1. The topological polar surface area (TPSA) is 45.8 Å². The van der Waals surface area contributed by atoms with Crippen LogP contribution < -0.4 is 5.69 Å². The molecule has 0 radical (unpaired) electrons. The fourth-order valence-electron chi connectivity index (χ4n) is 1.48. The van der Waals surface area contributed by atoms with E-state index in [0.29, 0.717) is 0 Å². The van der Waals surface area contributed by atoms with Crippen molar-refractivity contribution in [2.24, 2.45) is 0 Å². The van der Waals surface area contributed by atoms with Crippen molar-refractivity contribution in [1.29, 1.82) is 0 Å². The highest BCUT2D eigenvalue weighted by Gasteiger charge is 2.04. The van der Waals surface area contributed by atoms with Gasteiger partial charge >= 0.3 is 5.69 Å². The van der Waals surface area contributed by atoms with E-state index in [4.69, 9.17) is 0 Å². The molecule has 0 aliphatic rings. The Morgan fingerprint density at radius 3 is 3.00 bits per heavy atom. The quantitative estimate of drug-likeness (QED) is 0.847. The summed E-state index contributed by atoms with van der Waals surface area (Å²) in [6, 6.07) is 5.78. The average Bonchev–Trinajstić information content (AvgIpc) is 2.18. The number of halogens is 1. The normalized spacial score (nSPS) is 10.7. The van der Waals surface area contributed by atoms with E-state index < -0.39 is 0 Å². The van der Waals surface area contributed by atoms with Crippen molar-refractivity contribution >= 4 is 26.8 Å². The zero-order valence-electron chi connectivity index (χ0n) is 7.67. The molecule has 0 unspecified atom stereocenters. The van der Waals surface area contributed by atoms with Gasteiger partial charge in [-0.25, -0.2) is 4.79 Å². The Labute approximate surface area is 89.3 Å². The predicted octanol–water partition coefficient (Wildman–Crippen LogP) is 2.25. The molecule has 4 heteroatoms. The molecule has 1 aromatic heterocycles. The minimum atomic E-state index is -0.291. The molecule has 72 valence electrons. The molecule has 0 fully saturated rings. The molecular weight excluding hydrogens is 244 g/mol. The standard InChI is InChI=1S/C10H9BrN2O/c1-2-8-6-4-3-5-7(11)9(6)13-10(14)12-8/h3-5H,2H2,1H3,(H,12,13,14). The van der Waals surface area contributed by atoms with Gasteiger partial charge < -0.3 is 4.98 Å². The number of benzene rings is 1. The second-order valence-corrected chi connectivity index (χ2v) is 3.86. The Morgan fingerprint density at radius 2 is 2.29 bits per heavy atom. The molecule has 0 aliphatic heterocycles. The highest BCUT2D eigenvalue weighted by atomic mass is 79.9. The van der Waals surface area contributed by atoms with Crippen molar-refractivity contribution in [3.8, 4) is 0 Å². The molecule has 0 saturated heterocycles. The number of nitrogens with zero attached hydrogens (tertiary/aromatic N) is 1. The summed E-state index contributed by atoms with van der Waals surface area (Å²) in [6.45, 7) is 2.01. The number of fused-ring (bicyclic) bond motifs is 1. The highest BCUT2D eigenvalue weighted by molar-refractivity contribution is 9.10. The molecule has 0 saturated carbocycles. The number of nitrogens with one attached hydrogen (secondary N) is 1. The molecule has 0 spiro atoms. The van der Waals surface area contributed by atoms with Crippen LogP contribution in [0.4, 0.5) is 0 Å². The maximum atomic E-state index is 11.2. The average molecular weight is 253 g/mol. The van der Waals surface area contributed by atoms with E-state index in [1.165, 1.54) is 0 Å². The van der Waals surface area contributed by atoms with Crippen LogP contribution in [0.15, 0.2) is 27.5 Å². The zero-order valence-corrected chi connectivity index (χ0v) is 9.26. The minimum Gasteiger partial charge on any atom is -0.309 e. The molecule has 0 aliphatic carbocycles. The maximum Gasteiger partial charge on any atom is 0.345 e. The summed E-state index contributed by atoms with van der Waals surface area (Å²) in [5.74, 6) is 0. The molecule has 2 aromatic rings. The van der Waals surface area contributed by atoms with Gasteiger partial charge in [0, 0.05) is 15.6 Å². The summed E-state index contributed by atoms with van der Waals surface area (Å²) in [7, 11) is 0. The van der Waals surface area contributed by atoms with Gasteiger partial charge in [0.2, 0.25) is 0 Å². The van der Waals surface area contributed by atoms with Crippen molar-refractivity contribution in [2.75, 3.05) is 0 Å². The van der Waals surface area contributed by atoms with Crippen LogP contribution >= 0.6 is 15.9 Å². The fourth-order valence-corrected chi connectivity index (χ4v) is 1.93. The van der Waals surface area contributed by atoms with Gasteiger partial charge in [-0.2, -0.15) is 4.98 Å². The van der Waals surface area contributed by atoms with E-state index >= 15 is 0 Å². The van der Waals surface area contributed by atoms with Gasteiger partial charge in [-0.3, -0.25) is 0 Å². The second kappa shape index (κ2) is 3.53. The molecule has 2 rings (SSSR count). The molecule has 1 heterocycles. The van der Waals surface area contributed by atoms with Crippen molar-refractivity contribution < 1.29 is 0 Å². The second-order valence-electron chi connectivity index (χ2n) is 3.01. The van der Waals surface area contributed by atoms with Gasteiger partial charge in [-0.05, 0) is 28.4 Å². The first-order chi connectivity index (χ1) is 6.72. The van der Waals surface area contributed by atoms with Gasteiger partial charge in [-0.1, -0.05) is 19.1 Å². The SMILES string of the molecule is CCc1[nH]c(=O)nc2c(Br)cccc12. The molecule has 0 amide bonds. The first-order valence-electron chi connectivity index (χ1n) is 4.39. The number of para-hydroxylation sites is 1. The molecule has 1 N–H and O–H groups in total. The number of hydrogen-bond acceptors (Lipinski definition) is 2. The summed E-state index contributed by atoms with van der Waals surface area (Å²) in [4.78, 5) is 17.9. The van der Waals surface area contributed by atoms with E-state index in [1.807, 2.05) is 25.1 Å². The zero-order chi connectivity index (χ0) is 10.1. The van der Waals surface area contributed by atoms with Crippen LogP contribution in [0.1, 0.15) is 12.6 Å². The van der Waals surface area contributed by atoms with E-state index in [-0.39, 0.29) is 5.69 Å².